The molecule has 0 saturated carbocycles. The lowest BCUT2D eigenvalue weighted by atomic mass is 9.99. The Morgan fingerprint density at radius 1 is 0.525 bits per heavy atom. The first-order valence-electron chi connectivity index (χ1n) is 24.9. The predicted molar refractivity (Wildman–Crippen MR) is 251 cm³/mol. The summed E-state index contributed by atoms with van der Waals surface area (Å²) in [4.78, 5) is 12.8. The van der Waals surface area contributed by atoms with Crippen molar-refractivity contribution in [2.24, 2.45) is 0 Å². The Bertz CT molecular complexity index is 1120. The van der Waals surface area contributed by atoms with Crippen LogP contribution in [0.15, 0.2) is 60.8 Å². The highest BCUT2D eigenvalue weighted by atomic mass is 16.7. The predicted octanol–water partition coefficient (Wildman–Crippen LogP) is 11.9. The molecule has 0 amide bonds. The van der Waals surface area contributed by atoms with Gasteiger partial charge in [-0.25, -0.2) is 0 Å². The molecule has 6 unspecified atom stereocenters. The van der Waals surface area contributed by atoms with E-state index in [0.717, 1.165) is 77.0 Å². The minimum absolute atomic E-state index is 0.125. The molecular weight excluding hydrogens is 769 g/mol. The van der Waals surface area contributed by atoms with Crippen molar-refractivity contribution in [3.63, 3.8) is 0 Å². The maximum Gasteiger partial charge on any atom is 0.306 e. The van der Waals surface area contributed by atoms with Crippen LogP contribution in [0.2, 0.25) is 0 Å². The van der Waals surface area contributed by atoms with Crippen molar-refractivity contribution in [1.29, 1.82) is 0 Å². The average molecular weight is 861 g/mol. The summed E-state index contributed by atoms with van der Waals surface area (Å²) in [6.07, 6.45) is 48.1. The van der Waals surface area contributed by atoms with Gasteiger partial charge in [-0.2, -0.15) is 0 Å². The van der Waals surface area contributed by atoms with E-state index in [9.17, 15) is 25.2 Å². The lowest BCUT2D eigenvalue weighted by Gasteiger charge is -2.39. The molecule has 1 saturated heterocycles. The van der Waals surface area contributed by atoms with Crippen LogP contribution in [0.4, 0.5) is 0 Å². The number of esters is 1. The molecule has 1 aliphatic rings. The zero-order chi connectivity index (χ0) is 44.3. The van der Waals surface area contributed by atoms with Crippen molar-refractivity contribution in [2.45, 2.75) is 237 Å². The monoisotopic (exact) mass is 861 g/mol. The van der Waals surface area contributed by atoms with Gasteiger partial charge in [0, 0.05) is 13.0 Å². The molecule has 9 nitrogen and oxygen atoms in total. The largest absolute Gasteiger partial charge is 0.457 e. The van der Waals surface area contributed by atoms with E-state index in [2.05, 4.69) is 74.6 Å². The highest BCUT2D eigenvalue weighted by molar-refractivity contribution is 5.69. The van der Waals surface area contributed by atoms with Crippen LogP contribution < -0.4 is 0 Å². The number of ether oxygens (including phenoxy) is 4. The molecule has 1 aliphatic heterocycles. The van der Waals surface area contributed by atoms with Crippen molar-refractivity contribution >= 4 is 5.97 Å². The number of hydrogen-bond donors (Lipinski definition) is 4. The molecule has 0 aromatic rings. The van der Waals surface area contributed by atoms with E-state index in [1.807, 2.05) is 0 Å². The quantitative estimate of drug-likeness (QED) is 0.0269. The normalized spacial score (nSPS) is 20.4. The van der Waals surface area contributed by atoms with Gasteiger partial charge >= 0.3 is 5.97 Å². The fourth-order valence-electron chi connectivity index (χ4n) is 7.23. The first-order chi connectivity index (χ1) is 29.9. The first-order valence-corrected chi connectivity index (χ1v) is 24.9. The summed E-state index contributed by atoms with van der Waals surface area (Å²) in [6.45, 7) is 4.49. The van der Waals surface area contributed by atoms with Crippen LogP contribution in [-0.2, 0) is 23.7 Å². The summed E-state index contributed by atoms with van der Waals surface area (Å²) in [5.74, 6) is -0.330. The number of carbonyl (C=O) groups is 1. The lowest BCUT2D eigenvalue weighted by molar-refractivity contribution is -0.305. The summed E-state index contributed by atoms with van der Waals surface area (Å²) in [6, 6.07) is 0. The Morgan fingerprint density at radius 3 is 1.44 bits per heavy atom. The zero-order valence-corrected chi connectivity index (χ0v) is 38.9. The fraction of sp³-hybridized carbons (Fsp3) is 0.788. The Labute approximate surface area is 373 Å². The van der Waals surface area contributed by atoms with E-state index < -0.39 is 43.4 Å². The summed E-state index contributed by atoms with van der Waals surface area (Å²) < 4.78 is 22.8. The van der Waals surface area contributed by atoms with Gasteiger partial charge in [0.25, 0.3) is 0 Å². The van der Waals surface area contributed by atoms with Crippen molar-refractivity contribution in [1.82, 2.24) is 0 Å². The third-order valence-electron chi connectivity index (χ3n) is 11.2. The summed E-state index contributed by atoms with van der Waals surface area (Å²) in [7, 11) is 0. The van der Waals surface area contributed by atoms with E-state index in [-0.39, 0.29) is 19.2 Å². The molecule has 1 fully saturated rings. The van der Waals surface area contributed by atoms with Crippen LogP contribution in [0.25, 0.3) is 0 Å². The van der Waals surface area contributed by atoms with Crippen LogP contribution >= 0.6 is 0 Å². The molecule has 0 radical (unpaired) electrons. The third kappa shape index (κ3) is 34.0. The molecule has 0 aromatic heterocycles. The minimum atomic E-state index is -1.54. The SMILES string of the molecule is CCCCCC/C=C\C/C=C\CCCCCCCCOCC(COC1OC(CO)C(O)C(O)C1O)OC(=O)CCCCCCCC/C=C\C/C=C\C/C=C\CCCCCCC. The van der Waals surface area contributed by atoms with Gasteiger partial charge in [0.05, 0.1) is 19.8 Å². The number of aliphatic hydroxyl groups is 4. The summed E-state index contributed by atoms with van der Waals surface area (Å²) in [5, 5.41) is 40.2. The molecule has 1 heterocycles. The van der Waals surface area contributed by atoms with Crippen LogP contribution in [0.1, 0.15) is 200 Å². The topological polar surface area (TPSA) is 135 Å². The molecule has 0 aliphatic carbocycles. The van der Waals surface area contributed by atoms with E-state index >= 15 is 0 Å². The smallest absolute Gasteiger partial charge is 0.306 e. The molecule has 61 heavy (non-hydrogen) atoms. The second-order valence-electron chi connectivity index (χ2n) is 16.9. The van der Waals surface area contributed by atoms with Gasteiger partial charge in [-0.05, 0) is 83.5 Å². The van der Waals surface area contributed by atoms with Crippen LogP contribution in [0.5, 0.6) is 0 Å². The van der Waals surface area contributed by atoms with Gasteiger partial charge in [0.2, 0.25) is 0 Å². The van der Waals surface area contributed by atoms with Crippen LogP contribution in [0.3, 0.4) is 0 Å². The van der Waals surface area contributed by atoms with E-state index in [1.165, 1.54) is 103 Å². The Kier molecular flexibility index (Phi) is 40.3. The van der Waals surface area contributed by atoms with Gasteiger partial charge in [0.15, 0.2) is 6.29 Å². The third-order valence-corrected chi connectivity index (χ3v) is 11.2. The van der Waals surface area contributed by atoms with Gasteiger partial charge in [-0.3, -0.25) is 4.79 Å². The molecular formula is C52H92O9. The Morgan fingerprint density at radius 2 is 0.951 bits per heavy atom. The maximum absolute atomic E-state index is 12.8. The van der Waals surface area contributed by atoms with Gasteiger partial charge in [-0.15, -0.1) is 0 Å². The Hall–Kier alpha value is -2.11. The minimum Gasteiger partial charge on any atom is -0.457 e. The van der Waals surface area contributed by atoms with Crippen LogP contribution in [-0.4, -0.2) is 89.6 Å². The van der Waals surface area contributed by atoms with Crippen molar-refractivity contribution < 1.29 is 44.2 Å². The standard InChI is InChI=1S/C52H92O9/c1-3-5-7-9-11-13-15-17-19-21-22-23-24-25-27-29-31-33-35-37-39-41-48(54)60-46(45-59-52-51(57)50(56)49(55)47(43-53)61-52)44-58-42-40-38-36-34-32-30-28-26-20-18-16-14-12-10-8-6-4-2/h14-17,20-22,24-26,46-47,49-53,55-57H,3-13,18-19,23,27-45H2,1-2H3/b16-14-,17-15-,22-21-,25-24-,26-20-. The zero-order valence-electron chi connectivity index (χ0n) is 38.9. The number of unbranched alkanes of at least 4 members (excludes halogenated alkanes) is 21. The number of allylic oxidation sites excluding steroid dienone is 10. The molecule has 1 rings (SSSR count). The lowest BCUT2D eigenvalue weighted by Crippen LogP contribution is -2.59. The molecule has 9 heteroatoms. The number of carbonyl (C=O) groups excluding carboxylic acids is 1. The van der Waals surface area contributed by atoms with Gasteiger partial charge in [-0.1, -0.05) is 171 Å². The van der Waals surface area contributed by atoms with E-state index in [4.69, 9.17) is 18.9 Å². The van der Waals surface area contributed by atoms with Crippen molar-refractivity contribution in [3.05, 3.63) is 60.8 Å². The number of aliphatic hydroxyl groups excluding tert-OH is 4. The second-order valence-corrected chi connectivity index (χ2v) is 16.9. The molecule has 6 atom stereocenters. The van der Waals surface area contributed by atoms with Crippen LogP contribution in [0, 0.1) is 0 Å². The molecule has 354 valence electrons. The highest BCUT2D eigenvalue weighted by Gasteiger charge is 2.44. The van der Waals surface area contributed by atoms with Gasteiger partial charge in [0.1, 0.15) is 30.5 Å². The number of rotatable bonds is 42. The fourth-order valence-corrected chi connectivity index (χ4v) is 7.23. The first kappa shape index (κ1) is 56.9. The molecule has 0 bridgehead atoms. The second kappa shape index (κ2) is 43.2. The maximum atomic E-state index is 12.8. The average Bonchev–Trinajstić information content (AvgIpc) is 3.26. The van der Waals surface area contributed by atoms with Crippen molar-refractivity contribution in [2.75, 3.05) is 26.4 Å². The molecule has 0 aromatic carbocycles. The molecule has 4 N–H and O–H groups in total. The van der Waals surface area contributed by atoms with E-state index in [1.54, 1.807) is 0 Å². The highest BCUT2D eigenvalue weighted by Crippen LogP contribution is 2.22. The number of hydrogen-bond acceptors (Lipinski definition) is 9. The van der Waals surface area contributed by atoms with E-state index in [0.29, 0.717) is 13.0 Å². The van der Waals surface area contributed by atoms with Crippen molar-refractivity contribution in [3.8, 4) is 0 Å². The summed E-state index contributed by atoms with van der Waals surface area (Å²) >= 11 is 0. The molecule has 0 spiro atoms. The summed E-state index contributed by atoms with van der Waals surface area (Å²) in [5.41, 5.74) is 0. The Balaban J connectivity index is 2.25. The van der Waals surface area contributed by atoms with Gasteiger partial charge < -0.3 is 39.4 Å².